The quantitative estimate of drug-likeness (QED) is 0.704. The van der Waals surface area contributed by atoms with E-state index in [2.05, 4.69) is 15.4 Å². The minimum Gasteiger partial charge on any atom is -0.468 e. The highest BCUT2D eigenvalue weighted by Gasteiger charge is 2.34. The number of hydrogen-bond acceptors (Lipinski definition) is 4. The summed E-state index contributed by atoms with van der Waals surface area (Å²) in [6.45, 7) is 2.65. The summed E-state index contributed by atoms with van der Waals surface area (Å²) >= 11 is 0. The Morgan fingerprint density at radius 3 is 2.62 bits per heavy atom. The zero-order chi connectivity index (χ0) is 11.3. The molecule has 1 saturated heterocycles. The van der Waals surface area contributed by atoms with Gasteiger partial charge in [-0.05, 0) is 32.7 Å². The van der Waals surface area contributed by atoms with Crippen LogP contribution in [0, 0.1) is 0 Å². The van der Waals surface area contributed by atoms with Crippen molar-refractivity contribution < 1.29 is 14.3 Å². The highest BCUT2D eigenvalue weighted by molar-refractivity contribution is 5.88. The van der Waals surface area contributed by atoms with Crippen LogP contribution in [0.25, 0.3) is 0 Å². The topological polar surface area (TPSA) is 67.4 Å². The lowest BCUT2D eigenvalue weighted by Gasteiger charge is -2.33. The monoisotopic (exact) mass is 250 g/mol. The molecule has 0 aromatic carbocycles. The summed E-state index contributed by atoms with van der Waals surface area (Å²) in [5.74, 6) is -0.560. The second-order valence-electron chi connectivity index (χ2n) is 3.97. The van der Waals surface area contributed by atoms with Crippen molar-refractivity contribution in [3.05, 3.63) is 0 Å². The molecule has 5 nitrogen and oxygen atoms in total. The third kappa shape index (κ3) is 3.98. The lowest BCUT2D eigenvalue weighted by molar-refractivity contribution is -0.142. The van der Waals surface area contributed by atoms with Crippen LogP contribution in [0.5, 0.6) is 0 Å². The molecule has 0 spiro atoms. The molecule has 2 N–H and O–H groups in total. The van der Waals surface area contributed by atoms with Crippen molar-refractivity contribution in [1.82, 2.24) is 10.6 Å². The van der Waals surface area contributed by atoms with Crippen LogP contribution in [0.15, 0.2) is 0 Å². The minimum absolute atomic E-state index is 0. The maximum Gasteiger partial charge on any atom is 0.325 e. The van der Waals surface area contributed by atoms with Crippen LogP contribution in [0.4, 0.5) is 0 Å². The van der Waals surface area contributed by atoms with E-state index < -0.39 is 11.5 Å². The molecule has 1 fully saturated rings. The van der Waals surface area contributed by atoms with Crippen LogP contribution in [-0.4, -0.2) is 37.6 Å². The van der Waals surface area contributed by atoms with Gasteiger partial charge in [0.15, 0.2) is 0 Å². The molecule has 16 heavy (non-hydrogen) atoms. The number of piperidine rings is 1. The Morgan fingerprint density at radius 2 is 2.12 bits per heavy atom. The van der Waals surface area contributed by atoms with Crippen molar-refractivity contribution in [2.45, 2.75) is 31.7 Å². The van der Waals surface area contributed by atoms with Crippen LogP contribution in [-0.2, 0) is 14.3 Å². The fourth-order valence-electron chi connectivity index (χ4n) is 1.67. The summed E-state index contributed by atoms with van der Waals surface area (Å²) < 4.78 is 4.45. The van der Waals surface area contributed by atoms with Crippen LogP contribution < -0.4 is 10.6 Å². The first kappa shape index (κ1) is 15.2. The number of ether oxygens (including phenoxy) is 1. The van der Waals surface area contributed by atoms with Crippen molar-refractivity contribution in [3.63, 3.8) is 0 Å². The van der Waals surface area contributed by atoms with Gasteiger partial charge in [0.25, 0.3) is 0 Å². The summed E-state index contributed by atoms with van der Waals surface area (Å²) in [6, 6.07) is 0. The summed E-state index contributed by atoms with van der Waals surface area (Å²) in [4.78, 5) is 22.6. The van der Waals surface area contributed by atoms with Crippen molar-refractivity contribution >= 4 is 24.3 Å². The SMILES string of the molecule is COC(=O)CNC(=O)C1(C)CCCCN1.Cl. The van der Waals surface area contributed by atoms with Gasteiger partial charge in [-0.25, -0.2) is 0 Å². The first-order valence-corrected chi connectivity index (χ1v) is 5.18. The lowest BCUT2D eigenvalue weighted by atomic mass is 9.90. The summed E-state index contributed by atoms with van der Waals surface area (Å²) in [7, 11) is 1.30. The second-order valence-corrected chi connectivity index (χ2v) is 3.97. The Labute approximate surface area is 102 Å². The molecule has 1 aliphatic rings. The van der Waals surface area contributed by atoms with Gasteiger partial charge in [0.2, 0.25) is 5.91 Å². The molecule has 1 amide bonds. The Bertz CT molecular complexity index is 252. The first-order valence-electron chi connectivity index (χ1n) is 5.18. The average molecular weight is 251 g/mol. The van der Waals surface area contributed by atoms with Crippen molar-refractivity contribution in [3.8, 4) is 0 Å². The van der Waals surface area contributed by atoms with Crippen LogP contribution in [0.3, 0.4) is 0 Å². The molecule has 0 saturated carbocycles. The van der Waals surface area contributed by atoms with E-state index in [1.165, 1.54) is 7.11 Å². The van der Waals surface area contributed by atoms with E-state index in [0.717, 1.165) is 25.8 Å². The van der Waals surface area contributed by atoms with E-state index in [0.29, 0.717) is 0 Å². The molecule has 0 aromatic rings. The van der Waals surface area contributed by atoms with Gasteiger partial charge in [-0.3, -0.25) is 9.59 Å². The zero-order valence-electron chi connectivity index (χ0n) is 9.67. The number of methoxy groups -OCH3 is 1. The Kier molecular flexibility index (Phi) is 6.36. The first-order chi connectivity index (χ1) is 7.08. The number of amides is 1. The third-order valence-corrected chi connectivity index (χ3v) is 2.74. The number of halogens is 1. The van der Waals surface area contributed by atoms with Crippen molar-refractivity contribution in [1.29, 1.82) is 0 Å². The Hall–Kier alpha value is -0.810. The normalized spacial score (nSPS) is 24.1. The molecular weight excluding hydrogens is 232 g/mol. The van der Waals surface area contributed by atoms with Crippen LogP contribution in [0.1, 0.15) is 26.2 Å². The second kappa shape index (κ2) is 6.70. The predicted molar refractivity (Wildman–Crippen MR) is 62.5 cm³/mol. The summed E-state index contributed by atoms with van der Waals surface area (Å²) in [6.07, 6.45) is 2.94. The van der Waals surface area contributed by atoms with Crippen molar-refractivity contribution in [2.75, 3.05) is 20.2 Å². The van der Waals surface area contributed by atoms with E-state index in [-0.39, 0.29) is 24.9 Å². The standard InChI is InChI=1S/C10H18N2O3.ClH/c1-10(5-3-4-6-12-10)9(14)11-7-8(13)15-2;/h12H,3-7H2,1-2H3,(H,11,14);1H. The number of nitrogens with one attached hydrogen (secondary N) is 2. The highest BCUT2D eigenvalue weighted by atomic mass is 35.5. The molecule has 0 radical (unpaired) electrons. The Morgan fingerprint density at radius 1 is 1.44 bits per heavy atom. The average Bonchev–Trinajstić information content (AvgIpc) is 2.26. The van der Waals surface area contributed by atoms with Gasteiger partial charge < -0.3 is 15.4 Å². The zero-order valence-corrected chi connectivity index (χ0v) is 10.5. The molecule has 1 unspecified atom stereocenters. The van der Waals surface area contributed by atoms with E-state index >= 15 is 0 Å². The van der Waals surface area contributed by atoms with E-state index in [1.54, 1.807) is 0 Å². The summed E-state index contributed by atoms with van der Waals surface area (Å²) in [5.41, 5.74) is -0.535. The molecule has 1 rings (SSSR count). The van der Waals surface area contributed by atoms with Gasteiger partial charge in [-0.15, -0.1) is 12.4 Å². The Balaban J connectivity index is 0.00000225. The molecule has 1 aliphatic heterocycles. The fourth-order valence-corrected chi connectivity index (χ4v) is 1.67. The molecule has 0 aliphatic carbocycles. The van der Waals surface area contributed by atoms with Gasteiger partial charge >= 0.3 is 5.97 Å². The van der Waals surface area contributed by atoms with Crippen LogP contribution in [0.2, 0.25) is 0 Å². The molecule has 1 heterocycles. The minimum atomic E-state index is -0.535. The fraction of sp³-hybridized carbons (Fsp3) is 0.800. The lowest BCUT2D eigenvalue weighted by Crippen LogP contribution is -2.57. The van der Waals surface area contributed by atoms with Crippen LogP contribution >= 0.6 is 12.4 Å². The molecule has 0 bridgehead atoms. The number of hydrogen-bond donors (Lipinski definition) is 2. The number of rotatable bonds is 3. The van der Waals surface area contributed by atoms with Gasteiger partial charge in [0.05, 0.1) is 12.6 Å². The summed E-state index contributed by atoms with van der Waals surface area (Å²) in [5, 5.41) is 5.74. The third-order valence-electron chi connectivity index (χ3n) is 2.74. The highest BCUT2D eigenvalue weighted by Crippen LogP contribution is 2.18. The molecule has 0 aromatic heterocycles. The maximum atomic E-state index is 11.8. The largest absolute Gasteiger partial charge is 0.468 e. The van der Waals surface area contributed by atoms with Crippen molar-refractivity contribution in [2.24, 2.45) is 0 Å². The number of carbonyl (C=O) groups is 2. The molecule has 6 heteroatoms. The molecular formula is C10H19ClN2O3. The predicted octanol–water partition coefficient (Wildman–Crippen LogP) is 0.230. The van der Waals surface area contributed by atoms with Gasteiger partial charge in [0.1, 0.15) is 6.54 Å². The van der Waals surface area contributed by atoms with Gasteiger partial charge in [0, 0.05) is 0 Å². The van der Waals surface area contributed by atoms with Gasteiger partial charge in [-0.2, -0.15) is 0 Å². The van der Waals surface area contributed by atoms with Gasteiger partial charge in [-0.1, -0.05) is 0 Å². The number of carbonyl (C=O) groups excluding carboxylic acids is 2. The van der Waals surface area contributed by atoms with E-state index in [9.17, 15) is 9.59 Å². The van der Waals surface area contributed by atoms with E-state index in [4.69, 9.17) is 0 Å². The van der Waals surface area contributed by atoms with E-state index in [1.807, 2.05) is 6.92 Å². The smallest absolute Gasteiger partial charge is 0.325 e. The maximum absolute atomic E-state index is 11.8. The number of esters is 1. The molecule has 94 valence electrons. The molecule has 1 atom stereocenters.